The van der Waals surface area contributed by atoms with Gasteiger partial charge in [-0.1, -0.05) is 30.3 Å². The summed E-state index contributed by atoms with van der Waals surface area (Å²) in [5.74, 6) is 0.289. The van der Waals surface area contributed by atoms with E-state index in [0.29, 0.717) is 12.6 Å². The van der Waals surface area contributed by atoms with E-state index in [1.807, 2.05) is 30.0 Å². The fourth-order valence-corrected chi connectivity index (χ4v) is 5.21. The molecule has 2 heterocycles. The van der Waals surface area contributed by atoms with Crippen molar-refractivity contribution in [2.75, 3.05) is 51.8 Å². The Hall–Kier alpha value is -3.33. The van der Waals surface area contributed by atoms with E-state index in [2.05, 4.69) is 21.9 Å². The first-order valence-corrected chi connectivity index (χ1v) is 11.6. The maximum absolute atomic E-state index is 12.4. The number of hydrogen-bond donors (Lipinski definition) is 0. The number of methoxy groups -OCH3 is 2. The van der Waals surface area contributed by atoms with Crippen LogP contribution in [0.1, 0.15) is 30.0 Å². The number of carbonyl (C=O) groups is 1. The van der Waals surface area contributed by atoms with Gasteiger partial charge in [0.05, 0.1) is 25.2 Å². The maximum atomic E-state index is 12.4. The van der Waals surface area contributed by atoms with Gasteiger partial charge in [0.15, 0.2) is 5.75 Å². The second-order valence-corrected chi connectivity index (χ2v) is 8.87. The maximum Gasteiger partial charge on any atom is 0.410 e. The zero-order valence-electron chi connectivity index (χ0n) is 20.0. The minimum atomic E-state index is -0.404. The van der Waals surface area contributed by atoms with E-state index >= 15 is 0 Å². The number of nitro groups is 1. The Morgan fingerprint density at radius 1 is 1.06 bits per heavy atom. The third kappa shape index (κ3) is 4.79. The van der Waals surface area contributed by atoms with E-state index in [-0.39, 0.29) is 23.6 Å². The van der Waals surface area contributed by atoms with Crippen LogP contribution in [0.25, 0.3) is 0 Å². The predicted molar refractivity (Wildman–Crippen MR) is 129 cm³/mol. The van der Waals surface area contributed by atoms with Gasteiger partial charge in [0, 0.05) is 56.6 Å². The molecule has 2 aliphatic heterocycles. The van der Waals surface area contributed by atoms with Crippen LogP contribution in [-0.4, -0.2) is 73.8 Å². The first-order chi connectivity index (χ1) is 16.4. The van der Waals surface area contributed by atoms with Crippen molar-refractivity contribution in [1.82, 2.24) is 9.80 Å². The van der Waals surface area contributed by atoms with Crippen LogP contribution in [0.4, 0.5) is 16.2 Å². The van der Waals surface area contributed by atoms with E-state index in [0.717, 1.165) is 55.8 Å². The molecule has 0 aliphatic carbocycles. The average Bonchev–Trinajstić information content (AvgIpc) is 2.88. The molecule has 1 amide bonds. The molecule has 182 valence electrons. The molecule has 0 saturated carbocycles. The molecular formula is C25H32N4O5. The summed E-state index contributed by atoms with van der Waals surface area (Å²) in [6, 6.07) is 13.9. The van der Waals surface area contributed by atoms with Gasteiger partial charge >= 0.3 is 11.8 Å². The fourth-order valence-electron chi connectivity index (χ4n) is 5.21. The zero-order valence-corrected chi connectivity index (χ0v) is 20.0. The van der Waals surface area contributed by atoms with Crippen LogP contribution in [0.3, 0.4) is 0 Å². The average molecular weight is 469 g/mol. The highest BCUT2D eigenvalue weighted by molar-refractivity contribution is 5.68. The minimum Gasteiger partial charge on any atom is -0.490 e. The molecule has 0 spiro atoms. The third-order valence-corrected chi connectivity index (χ3v) is 7.02. The molecule has 2 aliphatic rings. The summed E-state index contributed by atoms with van der Waals surface area (Å²) in [6.07, 6.45) is 1.68. The molecule has 0 aromatic heterocycles. The highest BCUT2D eigenvalue weighted by Gasteiger charge is 2.36. The van der Waals surface area contributed by atoms with Crippen molar-refractivity contribution in [3.8, 4) is 5.75 Å². The highest BCUT2D eigenvalue weighted by Crippen LogP contribution is 2.36. The Morgan fingerprint density at radius 3 is 2.38 bits per heavy atom. The molecule has 4 rings (SSSR count). The summed E-state index contributed by atoms with van der Waals surface area (Å²) in [5.41, 5.74) is 2.97. The van der Waals surface area contributed by atoms with Crippen LogP contribution in [0.15, 0.2) is 42.5 Å². The van der Waals surface area contributed by atoms with Crippen molar-refractivity contribution in [1.29, 1.82) is 0 Å². The van der Waals surface area contributed by atoms with E-state index in [1.165, 1.54) is 14.2 Å². The van der Waals surface area contributed by atoms with Gasteiger partial charge in [0.2, 0.25) is 0 Å². The fraction of sp³-hybridized carbons (Fsp3) is 0.480. The van der Waals surface area contributed by atoms with Crippen molar-refractivity contribution in [3.05, 3.63) is 63.7 Å². The molecule has 34 heavy (non-hydrogen) atoms. The van der Waals surface area contributed by atoms with Crippen molar-refractivity contribution >= 4 is 17.5 Å². The second-order valence-electron chi connectivity index (χ2n) is 8.87. The number of ether oxygens (including phenoxy) is 2. The monoisotopic (exact) mass is 468 g/mol. The van der Waals surface area contributed by atoms with Crippen LogP contribution < -0.4 is 9.64 Å². The summed E-state index contributed by atoms with van der Waals surface area (Å²) in [5, 5.41) is 11.3. The minimum absolute atomic E-state index is 0.00549. The molecule has 0 bridgehead atoms. The van der Waals surface area contributed by atoms with Gasteiger partial charge in [-0.25, -0.2) is 4.79 Å². The quantitative estimate of drug-likeness (QED) is 0.484. The largest absolute Gasteiger partial charge is 0.490 e. The van der Waals surface area contributed by atoms with Gasteiger partial charge in [-0.3, -0.25) is 19.9 Å². The lowest BCUT2D eigenvalue weighted by Crippen LogP contribution is -2.55. The lowest BCUT2D eigenvalue weighted by Gasteiger charge is -2.46. The summed E-state index contributed by atoms with van der Waals surface area (Å²) in [4.78, 5) is 29.9. The standard InChI is InChI=1S/C25H32N4O5/c1-18-15-22(29(31)32)24(33-2)16-21(18)26-11-9-20(10-12-26)27-13-14-28(25(30)34-3)23(17-27)19-7-5-4-6-8-19/h4-8,15-16,20,23H,9-14,17H2,1-3H3. The first kappa shape index (κ1) is 23.8. The lowest BCUT2D eigenvalue weighted by molar-refractivity contribution is -0.385. The molecular weight excluding hydrogens is 436 g/mol. The summed E-state index contributed by atoms with van der Waals surface area (Å²) in [7, 11) is 2.90. The number of benzene rings is 2. The van der Waals surface area contributed by atoms with Crippen molar-refractivity contribution < 1.29 is 19.2 Å². The molecule has 1 unspecified atom stereocenters. The zero-order chi connectivity index (χ0) is 24.2. The number of piperazine rings is 1. The first-order valence-electron chi connectivity index (χ1n) is 11.6. The van der Waals surface area contributed by atoms with Crippen LogP contribution in [-0.2, 0) is 4.74 Å². The van der Waals surface area contributed by atoms with Gasteiger partial charge in [0.1, 0.15) is 0 Å². The van der Waals surface area contributed by atoms with Gasteiger partial charge in [-0.2, -0.15) is 0 Å². The molecule has 9 heteroatoms. The third-order valence-electron chi connectivity index (χ3n) is 7.02. The van der Waals surface area contributed by atoms with Crippen LogP contribution in [0.5, 0.6) is 5.75 Å². The predicted octanol–water partition coefficient (Wildman–Crippen LogP) is 4.01. The number of nitro benzene ring substituents is 1. The van der Waals surface area contributed by atoms with Crippen molar-refractivity contribution in [3.63, 3.8) is 0 Å². The number of amides is 1. The normalized spacial score (nSPS) is 19.7. The van der Waals surface area contributed by atoms with Gasteiger partial charge in [-0.15, -0.1) is 0 Å². The topological polar surface area (TPSA) is 88.4 Å². The summed E-state index contributed by atoms with van der Waals surface area (Å²) >= 11 is 0. The van der Waals surface area contributed by atoms with E-state index < -0.39 is 4.92 Å². The Labute approximate surface area is 200 Å². The van der Waals surface area contributed by atoms with Gasteiger partial charge in [-0.05, 0) is 30.9 Å². The number of carbonyl (C=O) groups excluding carboxylic acids is 1. The smallest absolute Gasteiger partial charge is 0.410 e. The Bertz CT molecular complexity index is 1020. The molecule has 2 saturated heterocycles. The number of piperidine rings is 1. The van der Waals surface area contributed by atoms with Gasteiger partial charge in [0.25, 0.3) is 0 Å². The van der Waals surface area contributed by atoms with E-state index in [4.69, 9.17) is 9.47 Å². The van der Waals surface area contributed by atoms with Crippen LogP contribution >= 0.6 is 0 Å². The highest BCUT2D eigenvalue weighted by atomic mass is 16.6. The Kier molecular flexibility index (Phi) is 7.21. The van der Waals surface area contributed by atoms with Crippen molar-refractivity contribution in [2.24, 2.45) is 0 Å². The number of anilines is 1. The summed E-state index contributed by atoms with van der Waals surface area (Å²) in [6.45, 7) is 5.84. The molecule has 2 aromatic carbocycles. The molecule has 1 atom stereocenters. The number of hydrogen-bond acceptors (Lipinski definition) is 7. The molecule has 0 N–H and O–H groups in total. The van der Waals surface area contributed by atoms with E-state index in [9.17, 15) is 14.9 Å². The van der Waals surface area contributed by atoms with E-state index in [1.54, 1.807) is 12.1 Å². The van der Waals surface area contributed by atoms with Crippen LogP contribution in [0.2, 0.25) is 0 Å². The lowest BCUT2D eigenvalue weighted by atomic mass is 9.97. The molecule has 2 aromatic rings. The Morgan fingerprint density at radius 2 is 1.76 bits per heavy atom. The molecule has 0 radical (unpaired) electrons. The number of aryl methyl sites for hydroxylation is 1. The number of nitrogens with zero attached hydrogens (tertiary/aromatic N) is 4. The SMILES string of the molecule is COC(=O)N1CCN(C2CCN(c3cc(OC)c([N+](=O)[O-])cc3C)CC2)CC1c1ccccc1. The van der Waals surface area contributed by atoms with Crippen molar-refractivity contribution in [2.45, 2.75) is 31.8 Å². The number of rotatable bonds is 5. The Balaban J connectivity index is 1.45. The second kappa shape index (κ2) is 10.3. The molecule has 9 nitrogen and oxygen atoms in total. The van der Waals surface area contributed by atoms with Crippen LogP contribution in [0, 0.1) is 17.0 Å². The summed E-state index contributed by atoms with van der Waals surface area (Å²) < 4.78 is 10.3. The van der Waals surface area contributed by atoms with Gasteiger partial charge < -0.3 is 14.4 Å². The molecule has 2 fully saturated rings.